The minimum atomic E-state index is -1.04. The number of fused-ring (bicyclic) bond motifs is 3. The van der Waals surface area contributed by atoms with Crippen LogP contribution in [-0.2, 0) is 11.2 Å². The number of para-hydroxylation sites is 1. The molecule has 30 heavy (non-hydrogen) atoms. The summed E-state index contributed by atoms with van der Waals surface area (Å²) in [5, 5.41) is 31.7. The van der Waals surface area contributed by atoms with E-state index in [4.69, 9.17) is 4.74 Å². The van der Waals surface area contributed by atoms with Crippen LogP contribution in [0.25, 0.3) is 0 Å². The zero-order valence-corrected chi connectivity index (χ0v) is 20.0. The van der Waals surface area contributed by atoms with Crippen molar-refractivity contribution in [2.75, 3.05) is 0 Å². The minimum Gasteiger partial charge on any atom is -0.550 e. The molecule has 1 aliphatic carbocycles. The van der Waals surface area contributed by atoms with Crippen LogP contribution in [0.3, 0.4) is 0 Å². The second-order valence-electron chi connectivity index (χ2n) is 8.11. The van der Waals surface area contributed by atoms with Gasteiger partial charge in [-0.2, -0.15) is 0 Å². The van der Waals surface area contributed by atoms with Crippen molar-refractivity contribution >= 4 is 5.97 Å². The van der Waals surface area contributed by atoms with E-state index >= 15 is 0 Å². The summed E-state index contributed by atoms with van der Waals surface area (Å²) in [5.74, 6) is 5.56. The number of aliphatic hydroxyl groups excluding tert-OH is 2. The molecule has 1 aromatic carbocycles. The maximum atomic E-state index is 10.7. The zero-order valence-electron chi connectivity index (χ0n) is 18.0. The standard InChI is InChI=1S/C24H30O5.Na/c1-3-4-7-15(2)19(25)13-12-17-20(26)14-21-23(17)18-10-5-8-16(24(18)29-21)9-6-11-22(27)28;/h5,8,10,12-13,15,17,19-21,23,25-26H,6-7,9,11,14H2,1-2H3,(H,27,28);/q;+1/p-1/b13-12+;/t15-,17+,19+,20-,21+,23+;/m0./s1. The van der Waals surface area contributed by atoms with E-state index in [0.717, 1.165) is 16.9 Å². The van der Waals surface area contributed by atoms with Gasteiger partial charge in [0.1, 0.15) is 11.9 Å². The second-order valence-corrected chi connectivity index (χ2v) is 8.11. The maximum Gasteiger partial charge on any atom is 1.00 e. The van der Waals surface area contributed by atoms with Gasteiger partial charge in [0.25, 0.3) is 0 Å². The molecule has 1 aliphatic heterocycles. The first-order chi connectivity index (χ1) is 13.9. The van der Waals surface area contributed by atoms with Gasteiger partial charge in [0, 0.05) is 36.2 Å². The number of carbonyl (C=O) groups excluding carboxylic acids is 1. The first kappa shape index (κ1) is 25.0. The molecule has 5 nitrogen and oxygen atoms in total. The molecule has 156 valence electrons. The number of aryl methyl sites for hydroxylation is 1. The predicted molar refractivity (Wildman–Crippen MR) is 108 cm³/mol. The van der Waals surface area contributed by atoms with Crippen LogP contribution < -0.4 is 39.4 Å². The number of carboxylic acid groups (broad SMARTS) is 1. The molecule has 0 spiro atoms. The van der Waals surface area contributed by atoms with Crippen LogP contribution in [0.15, 0.2) is 30.4 Å². The molecule has 1 fully saturated rings. The third-order valence-corrected chi connectivity index (χ3v) is 6.03. The van der Waals surface area contributed by atoms with Crippen LogP contribution in [0.1, 0.15) is 56.6 Å². The molecule has 1 saturated carbocycles. The van der Waals surface area contributed by atoms with Gasteiger partial charge < -0.3 is 24.9 Å². The summed E-state index contributed by atoms with van der Waals surface area (Å²) in [7, 11) is 0. The van der Waals surface area contributed by atoms with Gasteiger partial charge in [0.15, 0.2) is 0 Å². The second kappa shape index (κ2) is 11.4. The number of carbonyl (C=O) groups is 1. The molecule has 2 N–H and O–H groups in total. The van der Waals surface area contributed by atoms with Crippen molar-refractivity contribution in [1.29, 1.82) is 0 Å². The minimum absolute atomic E-state index is 0. The molecule has 6 atom stereocenters. The summed E-state index contributed by atoms with van der Waals surface area (Å²) < 4.78 is 6.19. The Morgan fingerprint density at radius 3 is 2.90 bits per heavy atom. The molecule has 1 heterocycles. The molecule has 3 rings (SSSR count). The number of hydrogen-bond acceptors (Lipinski definition) is 5. The fourth-order valence-electron chi connectivity index (χ4n) is 4.40. The van der Waals surface area contributed by atoms with Crippen LogP contribution in [0.4, 0.5) is 0 Å². The van der Waals surface area contributed by atoms with Crippen molar-refractivity contribution < 1.29 is 54.4 Å². The van der Waals surface area contributed by atoms with Crippen molar-refractivity contribution in [2.45, 2.75) is 70.2 Å². The van der Waals surface area contributed by atoms with Crippen molar-refractivity contribution in [3.05, 3.63) is 41.5 Å². The fraction of sp³-hybridized carbons (Fsp3) is 0.542. The third-order valence-electron chi connectivity index (χ3n) is 6.03. The first-order valence-electron chi connectivity index (χ1n) is 10.3. The van der Waals surface area contributed by atoms with Gasteiger partial charge >= 0.3 is 29.6 Å². The van der Waals surface area contributed by atoms with Crippen LogP contribution in [0.2, 0.25) is 0 Å². The summed E-state index contributed by atoms with van der Waals surface area (Å²) in [6.45, 7) is 3.74. The maximum absolute atomic E-state index is 10.7. The Hall–Kier alpha value is -1.29. The predicted octanol–water partition coefficient (Wildman–Crippen LogP) is -1.04. The topological polar surface area (TPSA) is 89.8 Å². The molecule has 0 amide bonds. The Balaban J connectivity index is 0.00000320. The number of benzene rings is 1. The summed E-state index contributed by atoms with van der Waals surface area (Å²) >= 11 is 0. The number of aliphatic carboxylic acids is 1. The van der Waals surface area contributed by atoms with Crippen LogP contribution in [0.5, 0.6) is 5.75 Å². The summed E-state index contributed by atoms with van der Waals surface area (Å²) in [6, 6.07) is 5.96. The first-order valence-corrected chi connectivity index (χ1v) is 10.3. The molecule has 0 bridgehead atoms. The van der Waals surface area contributed by atoms with E-state index in [0.29, 0.717) is 25.7 Å². The number of ether oxygens (including phenoxy) is 1. The number of carboxylic acids is 1. The van der Waals surface area contributed by atoms with Gasteiger partial charge in [-0.25, -0.2) is 0 Å². The smallest absolute Gasteiger partial charge is 0.550 e. The number of rotatable bonds is 8. The average molecular weight is 420 g/mol. The Bertz CT molecular complexity index is 825. The van der Waals surface area contributed by atoms with E-state index in [1.807, 2.05) is 31.2 Å². The molecule has 2 aliphatic rings. The molecule has 0 unspecified atom stereocenters. The molecule has 1 aromatic rings. The number of hydrogen-bond donors (Lipinski definition) is 2. The van der Waals surface area contributed by atoms with Crippen molar-refractivity contribution in [3.63, 3.8) is 0 Å². The Labute approximate surface area is 200 Å². The normalized spacial score (nSPS) is 26.0. The monoisotopic (exact) mass is 420 g/mol. The Kier molecular flexibility index (Phi) is 9.46. The van der Waals surface area contributed by atoms with Gasteiger partial charge in [-0.15, -0.1) is 11.8 Å². The van der Waals surface area contributed by atoms with E-state index in [1.54, 1.807) is 13.0 Å². The van der Waals surface area contributed by atoms with Gasteiger partial charge in [0.05, 0.1) is 12.2 Å². The van der Waals surface area contributed by atoms with E-state index in [1.165, 1.54) is 0 Å². The summed E-state index contributed by atoms with van der Waals surface area (Å²) in [4.78, 5) is 10.7. The molecule has 0 radical (unpaired) electrons. The molecule has 6 heteroatoms. The van der Waals surface area contributed by atoms with Crippen molar-refractivity contribution in [3.8, 4) is 17.6 Å². The summed E-state index contributed by atoms with van der Waals surface area (Å²) in [5.41, 5.74) is 2.06. The zero-order chi connectivity index (χ0) is 21.0. The fourth-order valence-corrected chi connectivity index (χ4v) is 4.40. The van der Waals surface area contributed by atoms with Gasteiger partial charge in [-0.3, -0.25) is 0 Å². The van der Waals surface area contributed by atoms with Crippen LogP contribution in [0, 0.1) is 23.7 Å². The Morgan fingerprint density at radius 2 is 2.20 bits per heavy atom. The molecule has 0 saturated heterocycles. The van der Waals surface area contributed by atoms with E-state index in [9.17, 15) is 20.1 Å². The average Bonchev–Trinajstić information content (AvgIpc) is 3.19. The van der Waals surface area contributed by atoms with E-state index in [2.05, 4.69) is 11.8 Å². The quantitative estimate of drug-likeness (QED) is 0.319. The van der Waals surface area contributed by atoms with E-state index in [-0.39, 0.29) is 59.8 Å². The molecular weight excluding hydrogens is 391 g/mol. The van der Waals surface area contributed by atoms with Crippen LogP contribution >= 0.6 is 0 Å². The third kappa shape index (κ3) is 5.69. The van der Waals surface area contributed by atoms with Gasteiger partial charge in [-0.05, 0) is 37.7 Å². The van der Waals surface area contributed by atoms with Crippen molar-refractivity contribution in [2.24, 2.45) is 11.8 Å². The number of aliphatic hydroxyl groups is 2. The van der Waals surface area contributed by atoms with Gasteiger partial charge in [0.2, 0.25) is 0 Å². The van der Waals surface area contributed by atoms with Gasteiger partial charge in [-0.1, -0.05) is 37.3 Å². The van der Waals surface area contributed by atoms with Crippen molar-refractivity contribution in [1.82, 2.24) is 0 Å². The molecular formula is C24H29NaO5. The SMILES string of the molecule is CC#CC[C@H](C)[C@H](O)/C=C/[C@H]1[C@@H]2c3cccc(CCCC(=O)[O-])c3O[C@@H]2C[C@@H]1O.[Na+]. The summed E-state index contributed by atoms with van der Waals surface area (Å²) in [6.07, 6.45) is 4.80. The molecule has 0 aromatic heterocycles. The Morgan fingerprint density at radius 1 is 1.43 bits per heavy atom. The van der Waals surface area contributed by atoms with E-state index < -0.39 is 18.2 Å². The largest absolute Gasteiger partial charge is 1.00 e. The van der Waals surface area contributed by atoms with Crippen LogP contribution in [-0.4, -0.2) is 34.5 Å².